The Morgan fingerprint density at radius 2 is 1.64 bits per heavy atom. The minimum Gasteiger partial charge on any atom is -0.497 e. The highest BCUT2D eigenvalue weighted by atomic mass is 16.5. The number of benzene rings is 2. The van der Waals surface area contributed by atoms with Crippen molar-refractivity contribution in [1.29, 1.82) is 0 Å². The lowest BCUT2D eigenvalue weighted by molar-refractivity contribution is -1.02. The number of anilines is 1. The first kappa shape index (κ1) is 18.7. The largest absolute Gasteiger partial charge is 0.497 e. The van der Waals surface area contributed by atoms with E-state index in [0.717, 1.165) is 49.7 Å². The van der Waals surface area contributed by atoms with E-state index in [1.165, 1.54) is 10.5 Å². The van der Waals surface area contributed by atoms with E-state index in [2.05, 4.69) is 12.1 Å². The summed E-state index contributed by atoms with van der Waals surface area (Å²) in [6.45, 7) is 7.60. The van der Waals surface area contributed by atoms with Crippen molar-refractivity contribution in [1.82, 2.24) is 0 Å². The molecule has 6 nitrogen and oxygen atoms in total. The van der Waals surface area contributed by atoms with Crippen LogP contribution in [0.15, 0.2) is 42.5 Å². The SMILES string of the molecule is COc1ccc(C[NH+]2CC[NH+](CN3C(=O)C(=O)c4cc(C)ccc43)CC2)cc1. The molecular formula is C22H27N3O3+2. The summed E-state index contributed by atoms with van der Waals surface area (Å²) in [6.07, 6.45) is 0. The number of Topliss-reactive ketones (excluding diaryl/α,β-unsaturated/α-hetero) is 1. The van der Waals surface area contributed by atoms with Gasteiger partial charge < -0.3 is 14.5 Å². The zero-order valence-electron chi connectivity index (χ0n) is 16.5. The summed E-state index contributed by atoms with van der Waals surface area (Å²) in [5.41, 5.74) is 3.63. The molecule has 6 heteroatoms. The van der Waals surface area contributed by atoms with E-state index in [4.69, 9.17) is 4.74 Å². The standard InChI is InChI=1S/C22H25N3O3/c1-16-3-8-20-19(13-16)21(26)22(27)25(20)15-24-11-9-23(10-12-24)14-17-4-6-18(28-2)7-5-17/h3-8,13H,9-12,14-15H2,1-2H3/p+2. The van der Waals surface area contributed by atoms with Crippen LogP contribution in [-0.2, 0) is 11.3 Å². The smallest absolute Gasteiger partial charge is 0.303 e. The highest BCUT2D eigenvalue weighted by molar-refractivity contribution is 6.52. The van der Waals surface area contributed by atoms with Gasteiger partial charge in [0.25, 0.3) is 5.78 Å². The maximum Gasteiger partial charge on any atom is 0.303 e. The van der Waals surface area contributed by atoms with Gasteiger partial charge in [0.05, 0.1) is 18.4 Å². The summed E-state index contributed by atoms with van der Waals surface area (Å²) in [4.78, 5) is 29.3. The van der Waals surface area contributed by atoms with Gasteiger partial charge in [-0.25, -0.2) is 0 Å². The number of ether oxygens (including phenoxy) is 1. The fourth-order valence-corrected chi connectivity index (χ4v) is 4.12. The zero-order valence-corrected chi connectivity index (χ0v) is 16.5. The molecule has 2 aliphatic rings. The molecule has 4 rings (SSSR count). The van der Waals surface area contributed by atoms with Crippen molar-refractivity contribution in [2.45, 2.75) is 13.5 Å². The van der Waals surface area contributed by atoms with Crippen LogP contribution in [0.2, 0.25) is 0 Å². The molecular weight excluding hydrogens is 354 g/mol. The molecule has 2 N–H and O–H groups in total. The van der Waals surface area contributed by atoms with E-state index in [9.17, 15) is 9.59 Å². The first-order chi connectivity index (χ1) is 13.5. The Morgan fingerprint density at radius 1 is 0.964 bits per heavy atom. The number of nitrogens with one attached hydrogen (secondary N) is 2. The van der Waals surface area contributed by atoms with Gasteiger partial charge in [-0.3, -0.25) is 14.5 Å². The minimum absolute atomic E-state index is 0.373. The Labute approximate surface area is 165 Å². The monoisotopic (exact) mass is 381 g/mol. The quantitative estimate of drug-likeness (QED) is 0.685. The van der Waals surface area contributed by atoms with Gasteiger partial charge >= 0.3 is 5.91 Å². The van der Waals surface area contributed by atoms with E-state index in [1.54, 1.807) is 16.9 Å². The molecule has 0 bridgehead atoms. The van der Waals surface area contributed by atoms with Gasteiger partial charge in [-0.05, 0) is 43.3 Å². The van der Waals surface area contributed by atoms with Crippen LogP contribution in [0.4, 0.5) is 5.69 Å². The number of hydrogen-bond acceptors (Lipinski definition) is 3. The van der Waals surface area contributed by atoms with Crippen LogP contribution in [0.1, 0.15) is 21.5 Å². The fourth-order valence-electron chi connectivity index (χ4n) is 4.12. The van der Waals surface area contributed by atoms with Gasteiger partial charge in [-0.1, -0.05) is 11.6 Å². The minimum atomic E-state index is -0.388. The van der Waals surface area contributed by atoms with Crippen molar-refractivity contribution >= 4 is 17.4 Å². The van der Waals surface area contributed by atoms with E-state index in [0.29, 0.717) is 12.2 Å². The van der Waals surface area contributed by atoms with Crippen molar-refractivity contribution in [3.8, 4) is 5.75 Å². The van der Waals surface area contributed by atoms with Crippen LogP contribution in [-0.4, -0.2) is 51.6 Å². The molecule has 0 spiro atoms. The Hall–Kier alpha value is -2.70. The molecule has 2 heterocycles. The predicted octanol–water partition coefficient (Wildman–Crippen LogP) is -0.526. The Morgan fingerprint density at radius 3 is 2.32 bits per heavy atom. The van der Waals surface area contributed by atoms with Crippen LogP contribution >= 0.6 is 0 Å². The molecule has 1 amide bonds. The lowest BCUT2D eigenvalue weighted by atomic mass is 10.1. The van der Waals surface area contributed by atoms with Crippen LogP contribution < -0.4 is 19.4 Å². The van der Waals surface area contributed by atoms with E-state index >= 15 is 0 Å². The number of aryl methyl sites for hydroxylation is 1. The molecule has 2 aliphatic heterocycles. The Balaban J connectivity index is 1.34. The fraction of sp³-hybridized carbons (Fsp3) is 0.364. The van der Waals surface area contributed by atoms with Gasteiger partial charge in [-0.2, -0.15) is 0 Å². The summed E-state index contributed by atoms with van der Waals surface area (Å²) in [5.74, 6) is 0.122. The van der Waals surface area contributed by atoms with E-state index in [1.807, 2.05) is 37.3 Å². The summed E-state index contributed by atoms with van der Waals surface area (Å²) >= 11 is 0. The molecule has 1 fully saturated rings. The first-order valence-electron chi connectivity index (χ1n) is 9.82. The molecule has 0 unspecified atom stereocenters. The lowest BCUT2D eigenvalue weighted by Crippen LogP contribution is -3.28. The van der Waals surface area contributed by atoms with Gasteiger partial charge in [0, 0.05) is 5.56 Å². The van der Waals surface area contributed by atoms with Gasteiger partial charge in [0.15, 0.2) is 6.67 Å². The number of rotatable bonds is 5. The predicted molar refractivity (Wildman–Crippen MR) is 106 cm³/mol. The second-order valence-electron chi connectivity index (χ2n) is 7.77. The van der Waals surface area contributed by atoms with Crippen molar-refractivity contribution < 1.29 is 24.1 Å². The van der Waals surface area contributed by atoms with Crippen LogP contribution in [0.3, 0.4) is 0 Å². The number of hydrogen-bond donors (Lipinski definition) is 2. The van der Waals surface area contributed by atoms with Gasteiger partial charge in [-0.15, -0.1) is 0 Å². The van der Waals surface area contributed by atoms with E-state index < -0.39 is 0 Å². The average molecular weight is 381 g/mol. The maximum atomic E-state index is 12.5. The highest BCUT2D eigenvalue weighted by Gasteiger charge is 2.38. The topological polar surface area (TPSA) is 55.5 Å². The average Bonchev–Trinajstić information content (AvgIpc) is 2.94. The van der Waals surface area contributed by atoms with Crippen LogP contribution in [0.25, 0.3) is 0 Å². The summed E-state index contributed by atoms with van der Waals surface area (Å²) in [5, 5.41) is 0. The van der Waals surface area contributed by atoms with Crippen LogP contribution in [0, 0.1) is 6.92 Å². The summed E-state index contributed by atoms with van der Waals surface area (Å²) in [7, 11) is 1.68. The molecule has 146 valence electrons. The molecule has 2 aromatic rings. The van der Waals surface area contributed by atoms with Crippen molar-refractivity contribution in [2.75, 3.05) is 44.9 Å². The highest BCUT2D eigenvalue weighted by Crippen LogP contribution is 2.28. The normalized spacial score (nSPS) is 21.7. The molecule has 0 atom stereocenters. The zero-order chi connectivity index (χ0) is 19.7. The number of carbonyl (C=O) groups is 2. The number of fused-ring (bicyclic) bond motifs is 1. The molecule has 28 heavy (non-hydrogen) atoms. The molecule has 0 radical (unpaired) electrons. The maximum absolute atomic E-state index is 12.5. The Kier molecular flexibility index (Phi) is 5.15. The van der Waals surface area contributed by atoms with Crippen molar-refractivity contribution in [3.63, 3.8) is 0 Å². The van der Waals surface area contributed by atoms with Gasteiger partial charge in [0.1, 0.15) is 38.5 Å². The number of quaternary nitrogens is 2. The number of nitrogens with zero attached hydrogens (tertiary/aromatic N) is 1. The molecule has 0 aromatic heterocycles. The second kappa shape index (κ2) is 7.73. The number of methoxy groups -OCH3 is 1. The third-order valence-electron chi connectivity index (χ3n) is 5.79. The molecule has 2 aromatic carbocycles. The van der Waals surface area contributed by atoms with Crippen molar-refractivity contribution in [2.24, 2.45) is 0 Å². The summed E-state index contributed by atoms with van der Waals surface area (Å²) in [6, 6.07) is 13.9. The second-order valence-corrected chi connectivity index (χ2v) is 7.77. The lowest BCUT2D eigenvalue weighted by Gasteiger charge is -2.32. The third kappa shape index (κ3) is 3.66. The number of carbonyl (C=O) groups excluding carboxylic acids is 2. The van der Waals surface area contributed by atoms with E-state index in [-0.39, 0.29) is 11.7 Å². The molecule has 1 saturated heterocycles. The molecule has 0 aliphatic carbocycles. The Bertz CT molecular complexity index is 886. The summed E-state index contributed by atoms with van der Waals surface area (Å²) < 4.78 is 5.22. The third-order valence-corrected chi connectivity index (χ3v) is 5.79. The van der Waals surface area contributed by atoms with Crippen LogP contribution in [0.5, 0.6) is 5.75 Å². The number of amides is 1. The number of piperazine rings is 1. The number of ketones is 1. The van der Waals surface area contributed by atoms with Crippen molar-refractivity contribution in [3.05, 3.63) is 59.2 Å². The van der Waals surface area contributed by atoms with Gasteiger partial charge in [0.2, 0.25) is 0 Å². The first-order valence-corrected chi connectivity index (χ1v) is 9.82. The molecule has 0 saturated carbocycles.